The van der Waals surface area contributed by atoms with Crippen LogP contribution in [0.5, 0.6) is 11.5 Å². The first kappa shape index (κ1) is 21.9. The van der Waals surface area contributed by atoms with Crippen molar-refractivity contribution in [1.29, 1.82) is 0 Å². The Bertz CT molecular complexity index is 1090. The highest BCUT2D eigenvalue weighted by molar-refractivity contribution is 8.18. The lowest BCUT2D eigenvalue weighted by atomic mass is 10.2. The molecule has 1 aliphatic rings. The summed E-state index contributed by atoms with van der Waals surface area (Å²) in [5.41, 5.74) is 0.805. The van der Waals surface area contributed by atoms with Gasteiger partial charge < -0.3 is 20.1 Å². The first-order valence-corrected chi connectivity index (χ1v) is 9.91. The number of likely N-dealkylation sites (N-methyl/N-ethyl adjacent to an activating group) is 1. The number of hydrogen-bond acceptors (Lipinski definition) is 7. The molecule has 1 fully saturated rings. The van der Waals surface area contributed by atoms with Gasteiger partial charge in [-0.05, 0) is 54.6 Å². The molecule has 1 aliphatic heterocycles. The number of benzene rings is 2. The molecular weight excluding hydrogens is 424 g/mol. The number of carbonyl (C=O) groups is 3. The van der Waals surface area contributed by atoms with Gasteiger partial charge in [-0.2, -0.15) is 0 Å². The van der Waals surface area contributed by atoms with Crippen molar-refractivity contribution in [1.82, 2.24) is 4.90 Å². The molecule has 0 aromatic heterocycles. The van der Waals surface area contributed by atoms with Gasteiger partial charge in [-0.1, -0.05) is 12.1 Å². The van der Waals surface area contributed by atoms with Crippen LogP contribution in [0.4, 0.5) is 5.69 Å². The van der Waals surface area contributed by atoms with Gasteiger partial charge in [0.25, 0.3) is 5.91 Å². The van der Waals surface area contributed by atoms with Crippen molar-refractivity contribution in [3.05, 3.63) is 58.5 Å². The number of aromatic carboxylic acids is 1. The number of aliphatic carboxylic acids is 1. The molecule has 0 spiro atoms. The molecule has 3 rings (SSSR count). The van der Waals surface area contributed by atoms with E-state index in [1.165, 1.54) is 23.1 Å². The second kappa shape index (κ2) is 9.35. The standard InChI is InChI=1S/C21H18N2O7S/c1-2-23-19(27)17(9-12-3-6-14(7-4-12)30-11-18(25)26)31-21(23)22-13-5-8-15(20(28)29)16(24)10-13/h3-10,24H,2,11H2,1H3,(H,25,26)(H,28,29)/b17-9-,22-21?. The highest BCUT2D eigenvalue weighted by atomic mass is 32.2. The Balaban J connectivity index is 1.82. The zero-order chi connectivity index (χ0) is 22.5. The van der Waals surface area contributed by atoms with Crippen molar-refractivity contribution in [3.8, 4) is 11.5 Å². The molecule has 0 aliphatic carbocycles. The molecule has 0 bridgehead atoms. The van der Waals surface area contributed by atoms with Crippen LogP contribution >= 0.6 is 11.8 Å². The largest absolute Gasteiger partial charge is 0.507 e. The molecule has 2 aromatic rings. The fraction of sp³-hybridized carbons (Fsp3) is 0.143. The minimum absolute atomic E-state index is 0.233. The molecular formula is C21H18N2O7S. The number of ether oxygens (including phenoxy) is 1. The van der Waals surface area contributed by atoms with E-state index in [9.17, 15) is 19.5 Å². The van der Waals surface area contributed by atoms with E-state index in [-0.39, 0.29) is 11.5 Å². The molecule has 0 atom stereocenters. The maximum absolute atomic E-state index is 12.7. The number of rotatable bonds is 7. The third kappa shape index (κ3) is 5.23. The van der Waals surface area contributed by atoms with Gasteiger partial charge in [0.05, 0.1) is 10.6 Å². The Morgan fingerprint density at radius 3 is 2.45 bits per heavy atom. The number of hydrogen-bond donors (Lipinski definition) is 3. The smallest absolute Gasteiger partial charge is 0.341 e. The van der Waals surface area contributed by atoms with E-state index in [2.05, 4.69) is 4.99 Å². The summed E-state index contributed by atoms with van der Waals surface area (Å²) < 4.78 is 5.09. The molecule has 0 saturated carbocycles. The van der Waals surface area contributed by atoms with Crippen molar-refractivity contribution in [2.75, 3.05) is 13.2 Å². The Hall–Kier alpha value is -3.79. The lowest BCUT2D eigenvalue weighted by Gasteiger charge is -2.12. The van der Waals surface area contributed by atoms with Crippen molar-refractivity contribution in [3.63, 3.8) is 0 Å². The van der Waals surface area contributed by atoms with Gasteiger partial charge in [0.2, 0.25) is 0 Å². The molecule has 1 saturated heterocycles. The summed E-state index contributed by atoms with van der Waals surface area (Å²) in [7, 11) is 0. The quantitative estimate of drug-likeness (QED) is 0.556. The second-order valence-corrected chi connectivity index (χ2v) is 7.32. The van der Waals surface area contributed by atoms with Crippen LogP contribution in [0.1, 0.15) is 22.8 Å². The highest BCUT2D eigenvalue weighted by Crippen LogP contribution is 2.35. The first-order chi connectivity index (χ1) is 14.8. The monoisotopic (exact) mass is 442 g/mol. The summed E-state index contributed by atoms with van der Waals surface area (Å²) in [5, 5.41) is 27.9. The number of nitrogens with zero attached hydrogens (tertiary/aromatic N) is 2. The highest BCUT2D eigenvalue weighted by Gasteiger charge is 2.32. The van der Waals surface area contributed by atoms with Crippen LogP contribution in [0.2, 0.25) is 0 Å². The lowest BCUT2D eigenvalue weighted by molar-refractivity contribution is -0.139. The fourth-order valence-corrected chi connectivity index (χ4v) is 3.77. The number of phenols is 1. The van der Waals surface area contributed by atoms with Crippen molar-refractivity contribution < 1.29 is 34.4 Å². The van der Waals surface area contributed by atoms with E-state index in [0.717, 1.165) is 17.3 Å². The summed E-state index contributed by atoms with van der Waals surface area (Å²) in [4.78, 5) is 40.6. The van der Waals surface area contributed by atoms with E-state index in [4.69, 9.17) is 14.9 Å². The van der Waals surface area contributed by atoms with E-state index in [1.54, 1.807) is 37.3 Å². The molecule has 0 unspecified atom stereocenters. The van der Waals surface area contributed by atoms with Crippen LogP contribution in [0.25, 0.3) is 6.08 Å². The van der Waals surface area contributed by atoms with Gasteiger partial charge in [-0.3, -0.25) is 9.69 Å². The van der Waals surface area contributed by atoms with Gasteiger partial charge in [0, 0.05) is 12.6 Å². The van der Waals surface area contributed by atoms with Gasteiger partial charge >= 0.3 is 11.9 Å². The normalized spacial score (nSPS) is 16.2. The van der Waals surface area contributed by atoms with E-state index < -0.39 is 24.3 Å². The van der Waals surface area contributed by atoms with Crippen molar-refractivity contribution in [2.24, 2.45) is 4.99 Å². The zero-order valence-electron chi connectivity index (χ0n) is 16.3. The van der Waals surface area contributed by atoms with Crippen LogP contribution in [0, 0.1) is 0 Å². The summed E-state index contributed by atoms with van der Waals surface area (Å²) in [6.45, 7) is 1.74. The van der Waals surface area contributed by atoms with Gasteiger partial charge in [0.1, 0.15) is 17.1 Å². The lowest BCUT2D eigenvalue weighted by Crippen LogP contribution is -2.28. The predicted octanol–water partition coefficient (Wildman–Crippen LogP) is 3.18. The minimum atomic E-state index is -1.25. The van der Waals surface area contributed by atoms with Crippen LogP contribution in [0.15, 0.2) is 52.4 Å². The average molecular weight is 442 g/mol. The van der Waals surface area contributed by atoms with Gasteiger partial charge in [-0.25, -0.2) is 14.6 Å². The molecule has 160 valence electrons. The van der Waals surface area contributed by atoms with Crippen LogP contribution in [0.3, 0.4) is 0 Å². The molecule has 0 radical (unpaired) electrons. The zero-order valence-corrected chi connectivity index (χ0v) is 17.1. The number of carboxylic acids is 2. The van der Waals surface area contributed by atoms with E-state index in [1.807, 2.05) is 0 Å². The Kier molecular flexibility index (Phi) is 6.61. The topological polar surface area (TPSA) is 137 Å². The fourth-order valence-electron chi connectivity index (χ4n) is 2.71. The second-order valence-electron chi connectivity index (χ2n) is 6.31. The summed E-state index contributed by atoms with van der Waals surface area (Å²) in [5.74, 6) is -2.56. The van der Waals surface area contributed by atoms with Gasteiger partial charge in [-0.15, -0.1) is 0 Å². The number of aromatic hydroxyl groups is 1. The summed E-state index contributed by atoms with van der Waals surface area (Å²) in [6, 6.07) is 10.6. The number of amides is 1. The number of amidine groups is 1. The molecule has 31 heavy (non-hydrogen) atoms. The molecule has 9 nitrogen and oxygen atoms in total. The molecule has 10 heteroatoms. The molecule has 1 amide bonds. The molecule has 1 heterocycles. The molecule has 3 N–H and O–H groups in total. The third-order valence-corrected chi connectivity index (χ3v) is 5.19. The number of aliphatic imine (C=N–C) groups is 1. The van der Waals surface area contributed by atoms with Crippen molar-refractivity contribution >= 4 is 46.5 Å². The number of carbonyl (C=O) groups excluding carboxylic acids is 1. The third-order valence-electron chi connectivity index (χ3n) is 4.18. The maximum atomic E-state index is 12.7. The average Bonchev–Trinajstić information content (AvgIpc) is 3.01. The number of carboxylic acid groups (broad SMARTS) is 2. The summed E-state index contributed by atoms with van der Waals surface area (Å²) >= 11 is 1.16. The van der Waals surface area contributed by atoms with Gasteiger partial charge in [0.15, 0.2) is 11.8 Å². The Labute approximate surface area is 181 Å². The van der Waals surface area contributed by atoms with Crippen LogP contribution < -0.4 is 4.74 Å². The summed E-state index contributed by atoms with van der Waals surface area (Å²) in [6.07, 6.45) is 1.68. The molecule has 2 aromatic carbocycles. The predicted molar refractivity (Wildman–Crippen MR) is 115 cm³/mol. The minimum Gasteiger partial charge on any atom is -0.507 e. The first-order valence-electron chi connectivity index (χ1n) is 9.09. The maximum Gasteiger partial charge on any atom is 0.341 e. The Morgan fingerprint density at radius 2 is 1.87 bits per heavy atom. The van der Waals surface area contributed by atoms with E-state index in [0.29, 0.717) is 28.1 Å². The SMILES string of the molecule is CCN1C(=O)/C(=C/c2ccc(OCC(=O)O)cc2)SC1=Nc1ccc(C(=O)O)c(O)c1. The Morgan fingerprint density at radius 1 is 1.16 bits per heavy atom. The van der Waals surface area contributed by atoms with Crippen LogP contribution in [-0.4, -0.2) is 56.4 Å². The van der Waals surface area contributed by atoms with Crippen molar-refractivity contribution in [2.45, 2.75) is 6.92 Å². The van der Waals surface area contributed by atoms with Crippen LogP contribution in [-0.2, 0) is 9.59 Å². The van der Waals surface area contributed by atoms with E-state index >= 15 is 0 Å². The number of thioether (sulfide) groups is 1.